The summed E-state index contributed by atoms with van der Waals surface area (Å²) in [6, 6.07) is 0. The smallest absolute Gasteiger partial charge is 0.0770 e. The third kappa shape index (κ3) is 14.7. The van der Waals surface area contributed by atoms with Gasteiger partial charge < -0.3 is 20.4 Å². The van der Waals surface area contributed by atoms with Crippen molar-refractivity contribution in [3.63, 3.8) is 0 Å². The van der Waals surface area contributed by atoms with E-state index in [1.165, 1.54) is 0 Å². The summed E-state index contributed by atoms with van der Waals surface area (Å²) in [5, 5.41) is 33.3. The summed E-state index contributed by atoms with van der Waals surface area (Å²) in [5.74, 6) is 0. The van der Waals surface area contributed by atoms with Gasteiger partial charge in [-0.1, -0.05) is 20.3 Å². The maximum absolute atomic E-state index is 8.61. The van der Waals surface area contributed by atoms with E-state index < -0.39 is 12.2 Å². The predicted octanol–water partition coefficient (Wildman–Crippen LogP) is -0.111. The van der Waals surface area contributed by atoms with Gasteiger partial charge in [-0.2, -0.15) is 0 Å². The van der Waals surface area contributed by atoms with E-state index in [4.69, 9.17) is 20.4 Å². The van der Waals surface area contributed by atoms with Crippen molar-refractivity contribution in [2.75, 3.05) is 13.2 Å². The first-order chi connectivity index (χ1) is 6.12. The first kappa shape index (κ1) is 15.3. The van der Waals surface area contributed by atoms with E-state index in [0.29, 0.717) is 12.8 Å². The highest BCUT2D eigenvalue weighted by Gasteiger charge is 1.96. The van der Waals surface area contributed by atoms with Crippen LogP contribution in [0.3, 0.4) is 0 Å². The second-order valence-electron chi connectivity index (χ2n) is 2.87. The van der Waals surface area contributed by atoms with E-state index in [9.17, 15) is 0 Å². The van der Waals surface area contributed by atoms with Crippen LogP contribution in [0.15, 0.2) is 0 Å². The van der Waals surface area contributed by atoms with Crippen LogP contribution in [0.25, 0.3) is 0 Å². The van der Waals surface area contributed by atoms with Crippen molar-refractivity contribution in [3.8, 4) is 0 Å². The number of hydrogen-bond acceptors (Lipinski definition) is 4. The Morgan fingerprint density at radius 3 is 1.46 bits per heavy atom. The SMILES string of the molecule is CCC(O)CO.CCCC(O)CO. The van der Waals surface area contributed by atoms with Gasteiger partial charge in [0.25, 0.3) is 0 Å². The summed E-state index contributed by atoms with van der Waals surface area (Å²) in [6.45, 7) is 3.57. The first-order valence-corrected chi connectivity index (χ1v) is 4.70. The molecule has 4 N–H and O–H groups in total. The lowest BCUT2D eigenvalue weighted by Crippen LogP contribution is -2.10. The zero-order valence-corrected chi connectivity index (χ0v) is 8.48. The van der Waals surface area contributed by atoms with E-state index in [0.717, 1.165) is 6.42 Å². The summed E-state index contributed by atoms with van der Waals surface area (Å²) >= 11 is 0. The largest absolute Gasteiger partial charge is 0.394 e. The highest BCUT2D eigenvalue weighted by molar-refractivity contribution is 4.48. The molecule has 13 heavy (non-hydrogen) atoms. The van der Waals surface area contributed by atoms with Crippen LogP contribution in [0.1, 0.15) is 33.1 Å². The van der Waals surface area contributed by atoms with Crippen molar-refractivity contribution in [1.29, 1.82) is 0 Å². The van der Waals surface area contributed by atoms with E-state index in [1.807, 2.05) is 13.8 Å². The maximum Gasteiger partial charge on any atom is 0.0770 e. The molecule has 4 nitrogen and oxygen atoms in total. The van der Waals surface area contributed by atoms with E-state index in [-0.39, 0.29) is 13.2 Å². The Labute approximate surface area is 79.8 Å². The molecule has 0 bridgehead atoms. The summed E-state index contributed by atoms with van der Waals surface area (Å²) < 4.78 is 0. The Hall–Kier alpha value is -0.160. The molecular formula is C9H22O4. The molecule has 0 aromatic carbocycles. The lowest BCUT2D eigenvalue weighted by Gasteiger charge is -2.01. The molecule has 0 aliphatic heterocycles. The molecule has 0 saturated heterocycles. The number of aliphatic hydroxyl groups is 4. The Balaban J connectivity index is 0. The van der Waals surface area contributed by atoms with Crippen molar-refractivity contribution < 1.29 is 20.4 Å². The van der Waals surface area contributed by atoms with Gasteiger partial charge in [-0.05, 0) is 12.8 Å². The van der Waals surface area contributed by atoms with Crippen molar-refractivity contribution in [3.05, 3.63) is 0 Å². The number of hydrogen-bond donors (Lipinski definition) is 4. The van der Waals surface area contributed by atoms with E-state index in [1.54, 1.807) is 0 Å². The minimum Gasteiger partial charge on any atom is -0.394 e. The lowest BCUT2D eigenvalue weighted by atomic mass is 10.2. The molecule has 82 valence electrons. The zero-order valence-electron chi connectivity index (χ0n) is 8.48. The molecule has 0 spiro atoms. The molecule has 2 atom stereocenters. The van der Waals surface area contributed by atoms with Crippen LogP contribution in [-0.2, 0) is 0 Å². The minimum absolute atomic E-state index is 0.103. The topological polar surface area (TPSA) is 80.9 Å². The predicted molar refractivity (Wildman–Crippen MR) is 51.4 cm³/mol. The third-order valence-corrected chi connectivity index (χ3v) is 1.51. The van der Waals surface area contributed by atoms with Crippen molar-refractivity contribution in [2.24, 2.45) is 0 Å². The number of rotatable bonds is 5. The average Bonchev–Trinajstić information content (AvgIpc) is 2.18. The molecule has 0 saturated carbocycles. The molecular weight excluding hydrogens is 172 g/mol. The molecule has 2 unspecified atom stereocenters. The van der Waals surface area contributed by atoms with Gasteiger partial charge in [-0.15, -0.1) is 0 Å². The molecule has 0 radical (unpaired) electrons. The van der Waals surface area contributed by atoms with Crippen LogP contribution in [0.4, 0.5) is 0 Å². The van der Waals surface area contributed by atoms with Crippen molar-refractivity contribution in [2.45, 2.75) is 45.3 Å². The summed E-state index contributed by atoms with van der Waals surface area (Å²) in [6.07, 6.45) is 1.27. The van der Waals surface area contributed by atoms with Gasteiger partial charge in [0, 0.05) is 0 Å². The lowest BCUT2D eigenvalue weighted by molar-refractivity contribution is 0.0877. The average molecular weight is 194 g/mol. The van der Waals surface area contributed by atoms with Crippen LogP contribution >= 0.6 is 0 Å². The van der Waals surface area contributed by atoms with Crippen LogP contribution in [-0.4, -0.2) is 45.8 Å². The standard InChI is InChI=1S/C5H12O2.C4H10O2/c1-2-3-5(7)4-6;1-2-4(6)3-5/h5-7H,2-4H2,1H3;4-6H,2-3H2,1H3. The van der Waals surface area contributed by atoms with Gasteiger partial charge in [0.05, 0.1) is 25.4 Å². The van der Waals surface area contributed by atoms with Gasteiger partial charge >= 0.3 is 0 Å². The fraction of sp³-hybridized carbons (Fsp3) is 1.00. The van der Waals surface area contributed by atoms with Gasteiger partial charge in [0.2, 0.25) is 0 Å². The second kappa shape index (κ2) is 11.8. The normalized spacial score (nSPS) is 14.3. The molecule has 0 aliphatic carbocycles. The highest BCUT2D eigenvalue weighted by atomic mass is 16.3. The maximum atomic E-state index is 8.61. The summed E-state index contributed by atoms with van der Waals surface area (Å²) in [4.78, 5) is 0. The molecule has 0 fully saturated rings. The Morgan fingerprint density at radius 1 is 0.923 bits per heavy atom. The van der Waals surface area contributed by atoms with Gasteiger partial charge in [-0.3, -0.25) is 0 Å². The van der Waals surface area contributed by atoms with E-state index >= 15 is 0 Å². The van der Waals surface area contributed by atoms with Crippen molar-refractivity contribution in [1.82, 2.24) is 0 Å². The van der Waals surface area contributed by atoms with Gasteiger partial charge in [0.1, 0.15) is 0 Å². The third-order valence-electron chi connectivity index (χ3n) is 1.51. The molecule has 0 aromatic heterocycles. The van der Waals surface area contributed by atoms with E-state index in [2.05, 4.69) is 0 Å². The van der Waals surface area contributed by atoms with Crippen LogP contribution in [0.5, 0.6) is 0 Å². The molecule has 0 heterocycles. The number of aliphatic hydroxyl groups excluding tert-OH is 4. The quantitative estimate of drug-likeness (QED) is 0.492. The monoisotopic (exact) mass is 194 g/mol. The van der Waals surface area contributed by atoms with Crippen LogP contribution < -0.4 is 0 Å². The fourth-order valence-corrected chi connectivity index (χ4v) is 0.554. The zero-order chi connectivity index (χ0) is 10.7. The van der Waals surface area contributed by atoms with Gasteiger partial charge in [-0.25, -0.2) is 0 Å². The van der Waals surface area contributed by atoms with Crippen molar-refractivity contribution >= 4 is 0 Å². The second-order valence-corrected chi connectivity index (χ2v) is 2.87. The molecule has 0 rings (SSSR count). The van der Waals surface area contributed by atoms with Crippen LogP contribution in [0, 0.1) is 0 Å². The molecule has 4 heteroatoms. The Bertz CT molecular complexity index is 83.7. The molecule has 0 aliphatic rings. The summed E-state index contributed by atoms with van der Waals surface area (Å²) in [5.41, 5.74) is 0. The fourth-order valence-electron chi connectivity index (χ4n) is 0.554. The first-order valence-electron chi connectivity index (χ1n) is 4.70. The summed E-state index contributed by atoms with van der Waals surface area (Å²) in [7, 11) is 0. The molecule has 0 amide bonds. The molecule has 0 aromatic rings. The minimum atomic E-state index is -0.509. The Morgan fingerprint density at radius 2 is 1.38 bits per heavy atom. The van der Waals surface area contributed by atoms with Gasteiger partial charge in [0.15, 0.2) is 0 Å². The Kier molecular flexibility index (Phi) is 14.0. The highest BCUT2D eigenvalue weighted by Crippen LogP contribution is 1.92. The van der Waals surface area contributed by atoms with Crippen LogP contribution in [0.2, 0.25) is 0 Å².